The lowest BCUT2D eigenvalue weighted by atomic mass is 10.0. The van der Waals surface area contributed by atoms with E-state index in [4.69, 9.17) is 0 Å². The van der Waals surface area contributed by atoms with Gasteiger partial charge in [-0.15, -0.1) is 0 Å². The van der Waals surface area contributed by atoms with Gasteiger partial charge in [0.2, 0.25) is 0 Å². The van der Waals surface area contributed by atoms with Gasteiger partial charge in [0.05, 0.1) is 0 Å². The number of hydrogen-bond acceptors (Lipinski definition) is 1. The van der Waals surface area contributed by atoms with Crippen LogP contribution in [0, 0.1) is 12.8 Å². The third kappa shape index (κ3) is 1.13. The molecule has 0 N–H and O–H groups in total. The average molecular weight is 175 g/mol. The topological polar surface area (TPSA) is 22.0 Å². The van der Waals surface area contributed by atoms with Crippen molar-refractivity contribution in [3.63, 3.8) is 0 Å². The van der Waals surface area contributed by atoms with E-state index in [-0.39, 0.29) is 5.91 Å². The van der Waals surface area contributed by atoms with Crippen molar-refractivity contribution in [2.24, 2.45) is 5.92 Å². The number of aromatic nitrogens is 1. The largest absolute Gasteiger partial charge is 0.284 e. The van der Waals surface area contributed by atoms with Gasteiger partial charge in [0.25, 0.3) is 5.91 Å². The number of carbonyl (C=O) groups is 1. The number of allylic oxidation sites excluding steroid dienone is 1. The van der Waals surface area contributed by atoms with Crippen LogP contribution in [0.25, 0.3) is 6.08 Å². The SMILES string of the molecule is Cc1cc2n(c1)C(=O)C(C(C)C)=C2. The molecular formula is C11H13NO. The smallest absolute Gasteiger partial charge is 0.258 e. The summed E-state index contributed by atoms with van der Waals surface area (Å²) >= 11 is 0. The van der Waals surface area contributed by atoms with Crippen LogP contribution in [0.15, 0.2) is 17.8 Å². The van der Waals surface area contributed by atoms with Gasteiger partial charge in [-0.25, -0.2) is 0 Å². The Morgan fingerprint density at radius 2 is 2.08 bits per heavy atom. The van der Waals surface area contributed by atoms with Gasteiger partial charge in [0.1, 0.15) is 0 Å². The molecule has 1 aliphatic rings. The maximum Gasteiger partial charge on any atom is 0.258 e. The zero-order valence-electron chi connectivity index (χ0n) is 8.16. The molecule has 0 atom stereocenters. The highest BCUT2D eigenvalue weighted by atomic mass is 16.2. The molecule has 0 unspecified atom stereocenters. The van der Waals surface area contributed by atoms with Crippen LogP contribution in [0.2, 0.25) is 0 Å². The van der Waals surface area contributed by atoms with Gasteiger partial charge in [-0.1, -0.05) is 13.8 Å². The Balaban J connectivity index is 2.49. The monoisotopic (exact) mass is 175 g/mol. The summed E-state index contributed by atoms with van der Waals surface area (Å²) in [5.74, 6) is 0.450. The Bertz CT molecular complexity index is 396. The molecule has 2 heteroatoms. The molecule has 13 heavy (non-hydrogen) atoms. The lowest BCUT2D eigenvalue weighted by Gasteiger charge is -2.03. The summed E-state index contributed by atoms with van der Waals surface area (Å²) in [6.07, 6.45) is 3.88. The zero-order valence-corrected chi connectivity index (χ0v) is 8.16. The number of rotatable bonds is 1. The second kappa shape index (κ2) is 2.59. The molecule has 1 aromatic rings. The lowest BCUT2D eigenvalue weighted by molar-refractivity contribution is 0.0952. The van der Waals surface area contributed by atoms with Gasteiger partial charge in [-0.3, -0.25) is 9.36 Å². The van der Waals surface area contributed by atoms with Gasteiger partial charge in [0, 0.05) is 17.5 Å². The molecule has 1 aromatic heterocycles. The van der Waals surface area contributed by atoms with E-state index in [0.717, 1.165) is 16.8 Å². The van der Waals surface area contributed by atoms with Crippen molar-refractivity contribution in [2.75, 3.05) is 0 Å². The fourth-order valence-corrected chi connectivity index (χ4v) is 1.68. The molecule has 0 amide bonds. The first-order valence-electron chi connectivity index (χ1n) is 4.55. The number of carbonyl (C=O) groups excluding carboxylic acids is 1. The minimum absolute atomic E-state index is 0.137. The first kappa shape index (κ1) is 8.30. The average Bonchev–Trinajstić information content (AvgIpc) is 2.51. The fraction of sp³-hybridized carbons (Fsp3) is 0.364. The van der Waals surface area contributed by atoms with Crippen molar-refractivity contribution in [3.05, 3.63) is 29.1 Å². The molecule has 0 saturated carbocycles. The predicted molar refractivity (Wildman–Crippen MR) is 52.6 cm³/mol. The van der Waals surface area contributed by atoms with Crippen LogP contribution in [0.3, 0.4) is 0 Å². The number of nitrogens with zero attached hydrogens (tertiary/aromatic N) is 1. The van der Waals surface area contributed by atoms with Crippen LogP contribution >= 0.6 is 0 Å². The molecule has 68 valence electrons. The van der Waals surface area contributed by atoms with Crippen LogP contribution in [0.5, 0.6) is 0 Å². The quantitative estimate of drug-likeness (QED) is 0.642. The van der Waals surface area contributed by atoms with Crippen molar-refractivity contribution in [2.45, 2.75) is 20.8 Å². The summed E-state index contributed by atoms with van der Waals surface area (Å²) in [5.41, 5.74) is 3.07. The van der Waals surface area contributed by atoms with Gasteiger partial charge in [-0.2, -0.15) is 0 Å². The van der Waals surface area contributed by atoms with Crippen molar-refractivity contribution in [1.82, 2.24) is 4.57 Å². The molecule has 0 aromatic carbocycles. The number of fused-ring (bicyclic) bond motifs is 1. The maximum absolute atomic E-state index is 11.7. The summed E-state index contributed by atoms with van der Waals surface area (Å²) < 4.78 is 1.73. The minimum atomic E-state index is 0.137. The zero-order chi connectivity index (χ0) is 9.59. The van der Waals surface area contributed by atoms with Crippen LogP contribution in [-0.2, 0) is 0 Å². The summed E-state index contributed by atoms with van der Waals surface area (Å²) in [5, 5.41) is 0. The van der Waals surface area contributed by atoms with Crippen molar-refractivity contribution >= 4 is 12.0 Å². The molecule has 0 spiro atoms. The highest BCUT2D eigenvalue weighted by Crippen LogP contribution is 2.25. The number of hydrogen-bond donors (Lipinski definition) is 0. The molecule has 0 fully saturated rings. The van der Waals surface area contributed by atoms with E-state index in [2.05, 4.69) is 0 Å². The molecule has 2 heterocycles. The van der Waals surface area contributed by atoms with E-state index in [1.165, 1.54) is 0 Å². The van der Waals surface area contributed by atoms with Crippen LogP contribution < -0.4 is 0 Å². The predicted octanol–water partition coefficient (Wildman–Crippen LogP) is 2.49. The normalized spacial score (nSPS) is 15.1. The van der Waals surface area contributed by atoms with Crippen molar-refractivity contribution < 1.29 is 4.79 Å². The Hall–Kier alpha value is -1.31. The highest BCUT2D eigenvalue weighted by molar-refractivity contribution is 6.05. The summed E-state index contributed by atoms with van der Waals surface area (Å²) in [6, 6.07) is 2.04. The van der Waals surface area contributed by atoms with Crippen molar-refractivity contribution in [3.8, 4) is 0 Å². The summed E-state index contributed by atoms with van der Waals surface area (Å²) in [6.45, 7) is 6.09. The van der Waals surface area contributed by atoms with Crippen LogP contribution in [0.1, 0.15) is 29.9 Å². The van der Waals surface area contributed by atoms with Gasteiger partial charge in [0.15, 0.2) is 0 Å². The Morgan fingerprint density at radius 3 is 2.62 bits per heavy atom. The van der Waals surface area contributed by atoms with Crippen LogP contribution in [0.4, 0.5) is 0 Å². The standard InChI is InChI=1S/C11H13NO/c1-7(2)10-5-9-4-8(3)6-12(9)11(10)13/h4-7H,1-3H3. The number of aryl methyl sites for hydroxylation is 1. The minimum Gasteiger partial charge on any atom is -0.284 e. The first-order chi connectivity index (χ1) is 6.09. The molecular weight excluding hydrogens is 162 g/mol. The molecule has 0 bridgehead atoms. The van der Waals surface area contributed by atoms with E-state index >= 15 is 0 Å². The molecule has 0 aliphatic carbocycles. The van der Waals surface area contributed by atoms with E-state index in [1.54, 1.807) is 4.57 Å². The molecule has 0 radical (unpaired) electrons. The highest BCUT2D eigenvalue weighted by Gasteiger charge is 2.23. The van der Waals surface area contributed by atoms with E-state index in [1.807, 2.05) is 39.1 Å². The third-order valence-electron chi connectivity index (χ3n) is 2.38. The van der Waals surface area contributed by atoms with E-state index in [0.29, 0.717) is 5.92 Å². The van der Waals surface area contributed by atoms with Gasteiger partial charge in [-0.05, 0) is 30.5 Å². The Labute approximate surface area is 77.9 Å². The maximum atomic E-state index is 11.7. The summed E-state index contributed by atoms with van der Waals surface area (Å²) in [7, 11) is 0. The molecule has 2 nitrogen and oxygen atoms in total. The van der Waals surface area contributed by atoms with Crippen molar-refractivity contribution in [1.29, 1.82) is 0 Å². The third-order valence-corrected chi connectivity index (χ3v) is 2.38. The van der Waals surface area contributed by atoms with Crippen LogP contribution in [-0.4, -0.2) is 10.5 Å². The molecule has 2 rings (SSSR count). The first-order valence-corrected chi connectivity index (χ1v) is 4.55. The lowest BCUT2D eigenvalue weighted by Crippen LogP contribution is -2.10. The van der Waals surface area contributed by atoms with Gasteiger partial charge < -0.3 is 0 Å². The second-order valence-electron chi connectivity index (χ2n) is 3.87. The Kier molecular flexibility index (Phi) is 1.65. The summed E-state index contributed by atoms with van der Waals surface area (Å²) in [4.78, 5) is 11.7. The van der Waals surface area contributed by atoms with E-state index < -0.39 is 0 Å². The molecule has 0 saturated heterocycles. The Morgan fingerprint density at radius 1 is 1.38 bits per heavy atom. The fourth-order valence-electron chi connectivity index (χ4n) is 1.68. The van der Waals surface area contributed by atoms with Gasteiger partial charge >= 0.3 is 0 Å². The second-order valence-corrected chi connectivity index (χ2v) is 3.87. The molecule has 1 aliphatic heterocycles. The van der Waals surface area contributed by atoms with E-state index in [9.17, 15) is 4.79 Å².